The lowest BCUT2D eigenvalue weighted by atomic mass is 9.86. The Bertz CT molecular complexity index is 462. The minimum atomic E-state index is 0. The van der Waals surface area contributed by atoms with Gasteiger partial charge in [-0.1, -0.05) is 0 Å². The molecule has 1 aliphatic carbocycles. The first-order valence-corrected chi connectivity index (χ1v) is 8.20. The topological polar surface area (TPSA) is 32.3 Å². The van der Waals surface area contributed by atoms with E-state index >= 15 is 0 Å². The van der Waals surface area contributed by atoms with Crippen LogP contribution in [-0.2, 0) is 11.2 Å². The van der Waals surface area contributed by atoms with Gasteiger partial charge in [0.05, 0.1) is 5.92 Å². The highest BCUT2D eigenvalue weighted by molar-refractivity contribution is 7.10. The third-order valence-corrected chi connectivity index (χ3v) is 5.49. The van der Waals surface area contributed by atoms with Crippen LogP contribution in [0.15, 0.2) is 11.4 Å². The first kappa shape index (κ1) is 15.8. The van der Waals surface area contributed by atoms with Gasteiger partial charge < -0.3 is 10.2 Å². The van der Waals surface area contributed by atoms with E-state index in [1.54, 1.807) is 0 Å². The fourth-order valence-electron chi connectivity index (χ4n) is 3.38. The Morgan fingerprint density at radius 2 is 2.25 bits per heavy atom. The highest BCUT2D eigenvalue weighted by Crippen LogP contribution is 2.36. The predicted octanol–water partition coefficient (Wildman–Crippen LogP) is 2.80. The molecule has 2 heterocycles. The van der Waals surface area contributed by atoms with Crippen LogP contribution >= 0.6 is 23.7 Å². The Balaban J connectivity index is 0.00000147. The number of amides is 1. The summed E-state index contributed by atoms with van der Waals surface area (Å²) < 4.78 is 0. The van der Waals surface area contributed by atoms with Gasteiger partial charge in [-0.25, -0.2) is 0 Å². The Morgan fingerprint density at radius 3 is 3.05 bits per heavy atom. The van der Waals surface area contributed by atoms with Gasteiger partial charge in [-0.05, 0) is 56.2 Å². The zero-order valence-electron chi connectivity index (χ0n) is 11.9. The molecule has 1 aromatic rings. The van der Waals surface area contributed by atoms with Crippen molar-refractivity contribution in [2.75, 3.05) is 20.1 Å². The van der Waals surface area contributed by atoms with Crippen molar-refractivity contribution in [1.82, 2.24) is 10.2 Å². The summed E-state index contributed by atoms with van der Waals surface area (Å²) in [5.74, 6) is 0.491. The number of likely N-dealkylation sites (tertiary alicyclic amines) is 1. The molecular formula is C15H23ClN2OS. The van der Waals surface area contributed by atoms with E-state index in [-0.39, 0.29) is 18.3 Å². The van der Waals surface area contributed by atoms with Crippen LogP contribution in [0, 0.1) is 0 Å². The zero-order chi connectivity index (χ0) is 13.2. The molecule has 1 N–H and O–H groups in total. The van der Waals surface area contributed by atoms with Gasteiger partial charge in [-0.2, -0.15) is 0 Å². The average Bonchev–Trinajstić information content (AvgIpc) is 2.95. The van der Waals surface area contributed by atoms with Gasteiger partial charge in [0.1, 0.15) is 0 Å². The number of nitrogens with one attached hydrogen (secondary N) is 1. The Kier molecular flexibility index (Phi) is 5.47. The summed E-state index contributed by atoms with van der Waals surface area (Å²) in [6.07, 6.45) is 5.67. The Hall–Kier alpha value is -0.580. The number of piperidine rings is 1. The average molecular weight is 315 g/mol. The van der Waals surface area contributed by atoms with Crippen molar-refractivity contribution in [2.45, 2.75) is 44.1 Å². The second-order valence-electron chi connectivity index (χ2n) is 5.66. The van der Waals surface area contributed by atoms with Crippen molar-refractivity contribution in [3.05, 3.63) is 21.9 Å². The summed E-state index contributed by atoms with van der Waals surface area (Å²) >= 11 is 1.82. The maximum Gasteiger partial charge on any atom is 0.230 e. The van der Waals surface area contributed by atoms with E-state index < -0.39 is 0 Å². The van der Waals surface area contributed by atoms with Crippen LogP contribution in [0.4, 0.5) is 0 Å². The van der Waals surface area contributed by atoms with Crippen LogP contribution in [0.2, 0.25) is 0 Å². The monoisotopic (exact) mass is 314 g/mol. The highest BCUT2D eigenvalue weighted by Gasteiger charge is 2.32. The van der Waals surface area contributed by atoms with E-state index in [2.05, 4.69) is 21.7 Å². The zero-order valence-corrected chi connectivity index (χ0v) is 13.6. The Morgan fingerprint density at radius 1 is 1.40 bits per heavy atom. The molecule has 0 aromatic carbocycles. The quantitative estimate of drug-likeness (QED) is 0.910. The smallest absolute Gasteiger partial charge is 0.230 e. The SMILES string of the molecule is CNC1CCCN(C(=O)C2CCCc3sccc32)C1.Cl. The van der Waals surface area contributed by atoms with Crippen LogP contribution < -0.4 is 5.32 Å². The lowest BCUT2D eigenvalue weighted by Gasteiger charge is -2.35. The van der Waals surface area contributed by atoms with E-state index in [4.69, 9.17) is 0 Å². The summed E-state index contributed by atoms with van der Waals surface area (Å²) in [6.45, 7) is 1.82. The lowest BCUT2D eigenvalue weighted by molar-refractivity contribution is -0.134. The van der Waals surface area contributed by atoms with Crippen molar-refractivity contribution >= 4 is 29.7 Å². The first-order valence-electron chi connectivity index (χ1n) is 7.32. The molecule has 0 spiro atoms. The Labute approximate surface area is 131 Å². The molecule has 1 aromatic heterocycles. The predicted molar refractivity (Wildman–Crippen MR) is 85.9 cm³/mol. The number of carbonyl (C=O) groups excluding carboxylic acids is 1. The minimum absolute atomic E-state index is 0. The molecule has 112 valence electrons. The van der Waals surface area contributed by atoms with Crippen molar-refractivity contribution in [2.24, 2.45) is 0 Å². The number of thiophene rings is 1. The third kappa shape index (κ3) is 3.02. The summed E-state index contributed by atoms with van der Waals surface area (Å²) in [5, 5.41) is 5.46. The number of nitrogens with zero attached hydrogens (tertiary/aromatic N) is 1. The maximum atomic E-state index is 12.8. The first-order chi connectivity index (χ1) is 9.29. The third-order valence-electron chi connectivity index (χ3n) is 4.49. The molecule has 1 fully saturated rings. The van der Waals surface area contributed by atoms with E-state index in [0.717, 1.165) is 38.8 Å². The summed E-state index contributed by atoms with van der Waals surface area (Å²) in [7, 11) is 2.00. The second-order valence-corrected chi connectivity index (χ2v) is 6.66. The van der Waals surface area contributed by atoms with E-state index in [0.29, 0.717) is 11.9 Å². The second kappa shape index (κ2) is 6.92. The largest absolute Gasteiger partial charge is 0.341 e. The number of halogens is 1. The molecule has 0 radical (unpaired) electrons. The van der Waals surface area contributed by atoms with Crippen LogP contribution in [-0.4, -0.2) is 37.0 Å². The number of aryl methyl sites for hydroxylation is 1. The molecule has 20 heavy (non-hydrogen) atoms. The van der Waals surface area contributed by atoms with Crippen molar-refractivity contribution < 1.29 is 4.79 Å². The number of likely N-dealkylation sites (N-methyl/N-ethyl adjacent to an activating group) is 1. The molecule has 5 heteroatoms. The van der Waals surface area contributed by atoms with E-state index in [9.17, 15) is 4.79 Å². The molecule has 1 amide bonds. The van der Waals surface area contributed by atoms with Crippen molar-refractivity contribution in [3.8, 4) is 0 Å². The van der Waals surface area contributed by atoms with Crippen molar-refractivity contribution in [3.63, 3.8) is 0 Å². The minimum Gasteiger partial charge on any atom is -0.341 e. The standard InChI is InChI=1S/C15H22N2OS.ClH/c1-16-11-4-3-8-17(10-11)15(18)13-5-2-6-14-12(13)7-9-19-14;/h7,9,11,13,16H,2-6,8,10H2,1H3;1H. The summed E-state index contributed by atoms with van der Waals surface area (Å²) in [6, 6.07) is 2.64. The molecule has 1 saturated heterocycles. The van der Waals surface area contributed by atoms with Crippen LogP contribution in [0.1, 0.15) is 42.0 Å². The molecule has 3 nitrogen and oxygen atoms in total. The van der Waals surface area contributed by atoms with Gasteiger partial charge >= 0.3 is 0 Å². The van der Waals surface area contributed by atoms with Crippen LogP contribution in [0.25, 0.3) is 0 Å². The van der Waals surface area contributed by atoms with Crippen LogP contribution in [0.3, 0.4) is 0 Å². The van der Waals surface area contributed by atoms with Crippen LogP contribution in [0.5, 0.6) is 0 Å². The molecule has 2 atom stereocenters. The maximum absolute atomic E-state index is 12.8. The molecule has 1 aliphatic heterocycles. The van der Waals surface area contributed by atoms with Gasteiger partial charge in [0.25, 0.3) is 0 Å². The molecule has 0 saturated carbocycles. The lowest BCUT2D eigenvalue weighted by Crippen LogP contribution is -2.48. The van der Waals surface area contributed by atoms with Gasteiger partial charge in [0, 0.05) is 24.0 Å². The van der Waals surface area contributed by atoms with Gasteiger partial charge in [0.15, 0.2) is 0 Å². The fourth-order valence-corrected chi connectivity index (χ4v) is 4.36. The van der Waals surface area contributed by atoms with E-state index in [1.807, 2.05) is 18.4 Å². The fraction of sp³-hybridized carbons (Fsp3) is 0.667. The van der Waals surface area contributed by atoms with Gasteiger partial charge in [-0.15, -0.1) is 23.7 Å². The molecule has 2 unspecified atom stereocenters. The molecule has 0 bridgehead atoms. The molecular weight excluding hydrogens is 292 g/mol. The molecule has 2 aliphatic rings. The number of fused-ring (bicyclic) bond motifs is 1. The van der Waals surface area contributed by atoms with Crippen molar-refractivity contribution in [1.29, 1.82) is 0 Å². The number of hydrogen-bond acceptors (Lipinski definition) is 3. The molecule has 3 rings (SSSR count). The normalized spacial score (nSPS) is 25.8. The van der Waals surface area contributed by atoms with Gasteiger partial charge in [-0.3, -0.25) is 4.79 Å². The highest BCUT2D eigenvalue weighted by atomic mass is 35.5. The van der Waals surface area contributed by atoms with Gasteiger partial charge in [0.2, 0.25) is 5.91 Å². The summed E-state index contributed by atoms with van der Waals surface area (Å²) in [5.41, 5.74) is 1.31. The number of rotatable bonds is 2. The number of hydrogen-bond donors (Lipinski definition) is 1. The number of carbonyl (C=O) groups is 1. The van der Waals surface area contributed by atoms with E-state index in [1.165, 1.54) is 16.9 Å². The summed E-state index contributed by atoms with van der Waals surface area (Å²) in [4.78, 5) is 16.3.